The summed E-state index contributed by atoms with van der Waals surface area (Å²) in [6.45, 7) is 3.38. The van der Waals surface area contributed by atoms with Crippen LogP contribution in [0.3, 0.4) is 0 Å². The number of ether oxygens (including phenoxy) is 2. The summed E-state index contributed by atoms with van der Waals surface area (Å²) in [4.78, 5) is -1.46. The normalized spacial score (nSPS) is 12.6. The molecule has 346 valence electrons. The number of hydrogen-bond donors (Lipinski definition) is 5. The number of aryl methyl sites for hydroxylation is 2. The Hall–Kier alpha value is -7.73. The number of fused-ring (bicyclic) bond motifs is 3. The third-order valence-electron chi connectivity index (χ3n) is 10.7. The lowest BCUT2D eigenvalue weighted by Gasteiger charge is -2.12. The highest BCUT2D eigenvalue weighted by atomic mass is 32.2. The molecule has 0 saturated heterocycles. The molecular weight excluding hydrogens is 939 g/mol. The molecule has 0 saturated carbocycles. The first-order chi connectivity index (χ1) is 32.2. The zero-order valence-electron chi connectivity index (χ0n) is 36.0. The molecule has 0 aromatic heterocycles. The molecule has 0 spiro atoms. The zero-order valence-corrected chi connectivity index (χ0v) is 38.5. The van der Waals surface area contributed by atoms with Crippen molar-refractivity contribution in [2.24, 2.45) is 30.7 Å². The molecule has 68 heavy (non-hydrogen) atoms. The van der Waals surface area contributed by atoms with Gasteiger partial charge in [0.1, 0.15) is 32.7 Å². The number of nitrogens with zero attached hydrogens (tertiary/aromatic N) is 6. The Morgan fingerprint density at radius 3 is 1.68 bits per heavy atom. The molecule has 8 rings (SSSR count). The van der Waals surface area contributed by atoms with Crippen molar-refractivity contribution in [2.75, 3.05) is 19.5 Å². The van der Waals surface area contributed by atoms with Gasteiger partial charge in [0.15, 0.2) is 5.75 Å². The van der Waals surface area contributed by atoms with Crippen molar-refractivity contribution in [1.29, 1.82) is 0 Å². The van der Waals surface area contributed by atoms with E-state index in [9.17, 15) is 44.0 Å². The maximum absolute atomic E-state index is 12.6. The Kier molecular flexibility index (Phi) is 12.5. The van der Waals surface area contributed by atoms with Crippen molar-refractivity contribution in [2.45, 2.75) is 28.5 Å². The van der Waals surface area contributed by atoms with E-state index < -0.39 is 51.6 Å². The van der Waals surface area contributed by atoms with E-state index in [1.54, 1.807) is 93.8 Å². The Balaban J connectivity index is 1.14. The minimum Gasteiger partial charge on any atom is -0.505 e. The van der Waals surface area contributed by atoms with Crippen LogP contribution >= 0.6 is 0 Å². The van der Waals surface area contributed by atoms with Crippen LogP contribution in [0.25, 0.3) is 32.3 Å². The summed E-state index contributed by atoms with van der Waals surface area (Å²) in [7, 11) is -11.3. The molecule has 22 heteroatoms. The topological polar surface area (TPSA) is 288 Å². The fourth-order valence-corrected chi connectivity index (χ4v) is 9.16. The Labute approximate surface area is 388 Å². The predicted octanol–water partition coefficient (Wildman–Crippen LogP) is 12.2. The molecule has 8 aromatic rings. The summed E-state index contributed by atoms with van der Waals surface area (Å²) in [6.07, 6.45) is 0. The summed E-state index contributed by atoms with van der Waals surface area (Å²) in [5, 5.41) is 42.0. The van der Waals surface area contributed by atoms with Gasteiger partial charge < -0.3 is 19.9 Å². The summed E-state index contributed by atoms with van der Waals surface area (Å²) >= 11 is 0. The van der Waals surface area contributed by atoms with Crippen LogP contribution in [0.1, 0.15) is 11.1 Å². The van der Waals surface area contributed by atoms with E-state index in [1.165, 1.54) is 49.6 Å². The van der Waals surface area contributed by atoms with Crippen LogP contribution < -0.4 is 14.8 Å². The molecule has 19 nitrogen and oxygen atoms in total. The molecule has 0 aliphatic carbocycles. The molecule has 0 aliphatic rings. The predicted molar refractivity (Wildman–Crippen MR) is 254 cm³/mol. The number of phenols is 1. The minimum absolute atomic E-state index is 0.0760. The molecule has 0 atom stereocenters. The molecule has 0 amide bonds. The number of rotatable bonds is 13. The van der Waals surface area contributed by atoms with E-state index >= 15 is 0 Å². The number of hydrogen-bond acceptors (Lipinski definition) is 16. The van der Waals surface area contributed by atoms with Crippen molar-refractivity contribution < 1.29 is 53.5 Å². The van der Waals surface area contributed by atoms with E-state index in [0.717, 1.165) is 11.8 Å². The van der Waals surface area contributed by atoms with Gasteiger partial charge in [0.25, 0.3) is 30.4 Å². The van der Waals surface area contributed by atoms with Crippen molar-refractivity contribution in [1.82, 2.24) is 0 Å². The molecule has 0 fully saturated rings. The summed E-state index contributed by atoms with van der Waals surface area (Å²) in [5.41, 5.74) is 2.86. The van der Waals surface area contributed by atoms with E-state index in [2.05, 4.69) is 36.0 Å². The highest BCUT2D eigenvalue weighted by Crippen LogP contribution is 2.46. The second-order valence-electron chi connectivity index (χ2n) is 15.1. The molecule has 0 radical (unpaired) electrons. The lowest BCUT2D eigenvalue weighted by molar-refractivity contribution is 0.415. The monoisotopic (exact) mass is 975 g/mol. The van der Waals surface area contributed by atoms with E-state index in [0.29, 0.717) is 33.6 Å². The Morgan fingerprint density at radius 2 is 1.06 bits per heavy atom. The first kappa shape index (κ1) is 46.8. The van der Waals surface area contributed by atoms with Gasteiger partial charge in [-0.3, -0.25) is 13.7 Å². The number of methoxy groups -OCH3 is 2. The highest BCUT2D eigenvalue weighted by Gasteiger charge is 2.23. The van der Waals surface area contributed by atoms with Crippen LogP contribution in [0.2, 0.25) is 0 Å². The number of benzene rings is 8. The van der Waals surface area contributed by atoms with Gasteiger partial charge >= 0.3 is 0 Å². The quantitative estimate of drug-likeness (QED) is 0.0531. The lowest BCUT2D eigenvalue weighted by atomic mass is 10.1. The standard InChI is InChI=1S/C46H37N7O12S3/c1-25-20-39(50-53-45-43(68(61,62)63)22-27-21-29(11-15-32(27)46(45)54)47-28-9-12-30(64-3)13-10-28)26(2)19-38(25)49-52-44-35-16-14-31(66(55,56)57)23-36(35)40(24-41(44)65-4)51-48-37-17-18-42(67(58,59)60)34-8-6-5-7-33(34)37/h5-24,47,54H,1-4H3,(H,55,56,57)(H,58,59,60)(H,61,62,63). The number of nitrogens with one attached hydrogen (secondary N) is 1. The molecule has 0 heterocycles. The highest BCUT2D eigenvalue weighted by molar-refractivity contribution is 7.86. The largest absolute Gasteiger partial charge is 0.505 e. The third kappa shape index (κ3) is 9.58. The van der Waals surface area contributed by atoms with E-state index in [1.807, 2.05) is 0 Å². The van der Waals surface area contributed by atoms with Gasteiger partial charge in [-0.25, -0.2) is 0 Å². The van der Waals surface area contributed by atoms with Crippen molar-refractivity contribution >= 4 is 108 Å². The van der Waals surface area contributed by atoms with Gasteiger partial charge in [-0.1, -0.05) is 30.3 Å². The second-order valence-corrected chi connectivity index (χ2v) is 19.3. The molecule has 0 aliphatic heterocycles. The number of aromatic hydroxyl groups is 1. The third-order valence-corrected chi connectivity index (χ3v) is 13.3. The second kappa shape index (κ2) is 18.2. The van der Waals surface area contributed by atoms with Crippen LogP contribution in [0, 0.1) is 13.8 Å². The first-order valence-electron chi connectivity index (χ1n) is 19.9. The van der Waals surface area contributed by atoms with E-state index in [-0.39, 0.29) is 60.3 Å². The van der Waals surface area contributed by atoms with Gasteiger partial charge in [-0.05, 0) is 115 Å². The maximum atomic E-state index is 12.6. The molecule has 0 bridgehead atoms. The smallest absolute Gasteiger partial charge is 0.296 e. The van der Waals surface area contributed by atoms with Crippen molar-refractivity contribution in [3.63, 3.8) is 0 Å². The van der Waals surface area contributed by atoms with Gasteiger partial charge in [0.2, 0.25) is 0 Å². The Bertz CT molecular complexity index is 3810. The lowest BCUT2D eigenvalue weighted by Crippen LogP contribution is -1.99. The number of anilines is 2. The van der Waals surface area contributed by atoms with E-state index in [4.69, 9.17) is 9.47 Å². The van der Waals surface area contributed by atoms with Crippen molar-refractivity contribution in [3.8, 4) is 17.2 Å². The minimum atomic E-state index is -4.92. The maximum Gasteiger partial charge on any atom is 0.296 e. The van der Waals surface area contributed by atoms with Crippen LogP contribution in [0.5, 0.6) is 17.2 Å². The molecule has 5 N–H and O–H groups in total. The first-order valence-corrected chi connectivity index (χ1v) is 24.2. The average molecular weight is 976 g/mol. The fourth-order valence-electron chi connectivity index (χ4n) is 7.29. The van der Waals surface area contributed by atoms with Gasteiger partial charge in [-0.15, -0.1) is 20.5 Å². The summed E-state index contributed by atoms with van der Waals surface area (Å²) in [6, 6.07) is 30.3. The summed E-state index contributed by atoms with van der Waals surface area (Å²) < 4.78 is 115. The van der Waals surface area contributed by atoms with Crippen LogP contribution in [0.4, 0.5) is 45.5 Å². The molecular formula is C46H37N7O12S3. The van der Waals surface area contributed by atoms with Gasteiger partial charge in [0, 0.05) is 44.4 Å². The molecule has 8 aromatic carbocycles. The number of phenolic OH excluding ortho intramolecular Hbond substituents is 1. The van der Waals surface area contributed by atoms with Crippen LogP contribution in [-0.4, -0.2) is 58.2 Å². The molecule has 0 unspecified atom stereocenters. The van der Waals surface area contributed by atoms with Crippen LogP contribution in [-0.2, 0) is 30.4 Å². The van der Waals surface area contributed by atoms with Crippen LogP contribution in [0.15, 0.2) is 167 Å². The average Bonchev–Trinajstić information content (AvgIpc) is 3.29. The van der Waals surface area contributed by atoms with Gasteiger partial charge in [-0.2, -0.15) is 35.5 Å². The Morgan fingerprint density at radius 1 is 0.471 bits per heavy atom. The van der Waals surface area contributed by atoms with Crippen molar-refractivity contribution in [3.05, 3.63) is 132 Å². The fraction of sp³-hybridized carbons (Fsp3) is 0.0870. The zero-order chi connectivity index (χ0) is 48.7. The summed E-state index contributed by atoms with van der Waals surface area (Å²) in [5.74, 6) is 0.263. The number of azo groups is 3. The van der Waals surface area contributed by atoms with Gasteiger partial charge in [0.05, 0.1) is 41.9 Å². The SMILES string of the molecule is COc1ccc(Nc2ccc3c(O)c(N=Nc4cc(C)c(N=Nc5c(OC)cc(N=Nc6ccc(S(=O)(=O)O)c7ccccc67)c6cc(S(=O)(=O)O)ccc56)cc4C)c(S(=O)(=O)O)cc3c2)cc1.